The molecule has 1 aliphatic rings. The molecule has 1 heterocycles. The SMILES string of the molecule is Nc1nc2ccc(Cl)cc2n1CCC1CCCC1. The van der Waals surface area contributed by atoms with Crippen molar-refractivity contribution >= 4 is 28.6 Å². The molecule has 96 valence electrons. The highest BCUT2D eigenvalue weighted by molar-refractivity contribution is 6.31. The lowest BCUT2D eigenvalue weighted by Crippen LogP contribution is -2.06. The number of hydrogen-bond donors (Lipinski definition) is 1. The number of benzene rings is 1. The van der Waals surface area contributed by atoms with Gasteiger partial charge in [-0.05, 0) is 30.5 Å². The molecule has 1 aromatic heterocycles. The Hall–Kier alpha value is -1.22. The number of rotatable bonds is 3. The Morgan fingerprint density at radius 2 is 2.11 bits per heavy atom. The van der Waals surface area contributed by atoms with Crippen LogP contribution in [-0.2, 0) is 6.54 Å². The van der Waals surface area contributed by atoms with E-state index in [2.05, 4.69) is 9.55 Å². The van der Waals surface area contributed by atoms with Gasteiger partial charge < -0.3 is 10.3 Å². The Morgan fingerprint density at radius 1 is 1.33 bits per heavy atom. The molecule has 0 aliphatic heterocycles. The predicted octanol–water partition coefficient (Wildman–Crippen LogP) is 3.85. The number of imidazole rings is 1. The predicted molar refractivity (Wildman–Crippen MR) is 75.7 cm³/mol. The van der Waals surface area contributed by atoms with Crippen LogP contribution in [0.4, 0.5) is 5.95 Å². The lowest BCUT2D eigenvalue weighted by atomic mass is 10.0. The Kier molecular flexibility index (Phi) is 3.16. The van der Waals surface area contributed by atoms with E-state index in [1.807, 2.05) is 18.2 Å². The van der Waals surface area contributed by atoms with Crippen molar-refractivity contribution in [1.29, 1.82) is 0 Å². The first-order valence-corrected chi connectivity index (χ1v) is 7.03. The molecule has 1 aliphatic carbocycles. The van der Waals surface area contributed by atoms with Crippen molar-refractivity contribution in [2.45, 2.75) is 38.6 Å². The zero-order chi connectivity index (χ0) is 12.5. The fraction of sp³-hybridized carbons (Fsp3) is 0.500. The maximum absolute atomic E-state index is 6.05. The first-order chi connectivity index (χ1) is 8.74. The second kappa shape index (κ2) is 4.81. The standard InChI is InChI=1S/C14H18ClN3/c15-11-5-6-12-13(9-11)18(14(16)17-12)8-7-10-3-1-2-4-10/h5-6,9-10H,1-4,7-8H2,(H2,16,17). The molecule has 1 aromatic carbocycles. The number of fused-ring (bicyclic) bond motifs is 1. The van der Waals surface area contributed by atoms with E-state index in [9.17, 15) is 0 Å². The van der Waals surface area contributed by atoms with Gasteiger partial charge in [0.1, 0.15) is 0 Å². The number of nitrogens with two attached hydrogens (primary N) is 1. The van der Waals surface area contributed by atoms with Crippen molar-refractivity contribution in [3.63, 3.8) is 0 Å². The van der Waals surface area contributed by atoms with E-state index in [4.69, 9.17) is 17.3 Å². The summed E-state index contributed by atoms with van der Waals surface area (Å²) >= 11 is 6.05. The third kappa shape index (κ3) is 2.19. The van der Waals surface area contributed by atoms with Crippen molar-refractivity contribution in [3.05, 3.63) is 23.2 Å². The highest BCUT2D eigenvalue weighted by Gasteiger charge is 2.16. The highest BCUT2D eigenvalue weighted by atomic mass is 35.5. The summed E-state index contributed by atoms with van der Waals surface area (Å²) in [7, 11) is 0. The number of nitrogens with zero attached hydrogens (tertiary/aromatic N) is 2. The van der Waals surface area contributed by atoms with Crippen molar-refractivity contribution < 1.29 is 0 Å². The van der Waals surface area contributed by atoms with Crippen LogP contribution in [0.2, 0.25) is 5.02 Å². The fourth-order valence-electron chi connectivity index (χ4n) is 2.96. The second-order valence-corrected chi connectivity index (χ2v) is 5.63. The van der Waals surface area contributed by atoms with Crippen LogP contribution in [0.5, 0.6) is 0 Å². The van der Waals surface area contributed by atoms with Crippen LogP contribution in [-0.4, -0.2) is 9.55 Å². The second-order valence-electron chi connectivity index (χ2n) is 5.19. The fourth-order valence-corrected chi connectivity index (χ4v) is 3.13. The molecule has 4 heteroatoms. The van der Waals surface area contributed by atoms with Crippen molar-refractivity contribution in [1.82, 2.24) is 9.55 Å². The zero-order valence-corrected chi connectivity index (χ0v) is 11.2. The summed E-state index contributed by atoms with van der Waals surface area (Å²) in [4.78, 5) is 4.38. The van der Waals surface area contributed by atoms with Gasteiger partial charge in [-0.2, -0.15) is 0 Å². The average Bonchev–Trinajstić information content (AvgIpc) is 2.94. The largest absolute Gasteiger partial charge is 0.369 e. The Balaban J connectivity index is 1.85. The van der Waals surface area contributed by atoms with Gasteiger partial charge in [-0.25, -0.2) is 4.98 Å². The van der Waals surface area contributed by atoms with Crippen LogP contribution in [0.15, 0.2) is 18.2 Å². The summed E-state index contributed by atoms with van der Waals surface area (Å²) in [6, 6.07) is 5.74. The van der Waals surface area contributed by atoms with Crippen LogP contribution >= 0.6 is 11.6 Å². The molecular formula is C14H18ClN3. The number of halogens is 1. The van der Waals surface area contributed by atoms with Gasteiger partial charge in [0.15, 0.2) is 0 Å². The molecule has 3 nitrogen and oxygen atoms in total. The van der Waals surface area contributed by atoms with Gasteiger partial charge in [0.25, 0.3) is 0 Å². The van der Waals surface area contributed by atoms with Crippen LogP contribution in [0.3, 0.4) is 0 Å². The van der Waals surface area contributed by atoms with Crippen LogP contribution in [0, 0.1) is 5.92 Å². The third-order valence-corrected chi connectivity index (χ3v) is 4.21. The van der Waals surface area contributed by atoms with Gasteiger partial charge >= 0.3 is 0 Å². The quantitative estimate of drug-likeness (QED) is 0.914. The number of aromatic nitrogens is 2. The highest BCUT2D eigenvalue weighted by Crippen LogP contribution is 2.29. The lowest BCUT2D eigenvalue weighted by molar-refractivity contribution is 0.464. The Bertz CT molecular complexity index is 555. The molecule has 0 atom stereocenters. The van der Waals surface area contributed by atoms with Crippen molar-refractivity contribution in [2.75, 3.05) is 5.73 Å². The van der Waals surface area contributed by atoms with E-state index in [0.717, 1.165) is 28.5 Å². The molecule has 1 saturated carbocycles. The maximum atomic E-state index is 6.05. The van der Waals surface area contributed by atoms with E-state index in [0.29, 0.717) is 5.95 Å². The monoisotopic (exact) mass is 263 g/mol. The zero-order valence-electron chi connectivity index (χ0n) is 10.4. The van der Waals surface area contributed by atoms with Gasteiger partial charge in [0.2, 0.25) is 5.95 Å². The van der Waals surface area contributed by atoms with Gasteiger partial charge in [-0.15, -0.1) is 0 Å². The van der Waals surface area contributed by atoms with Crippen LogP contribution < -0.4 is 5.73 Å². The van der Waals surface area contributed by atoms with Crippen LogP contribution in [0.1, 0.15) is 32.1 Å². The molecule has 3 rings (SSSR count). The maximum Gasteiger partial charge on any atom is 0.201 e. The Labute approximate surface area is 112 Å². The molecule has 0 bridgehead atoms. The summed E-state index contributed by atoms with van der Waals surface area (Å²) in [6.45, 7) is 0.952. The third-order valence-electron chi connectivity index (χ3n) is 3.98. The first kappa shape index (κ1) is 11.8. The normalized spacial score (nSPS) is 16.7. The van der Waals surface area contributed by atoms with E-state index >= 15 is 0 Å². The molecule has 0 amide bonds. The van der Waals surface area contributed by atoms with E-state index in [1.54, 1.807) is 0 Å². The van der Waals surface area contributed by atoms with Gasteiger partial charge in [0.05, 0.1) is 11.0 Å². The molecule has 0 unspecified atom stereocenters. The summed E-state index contributed by atoms with van der Waals surface area (Å²) in [5, 5.41) is 0.740. The average molecular weight is 264 g/mol. The number of aryl methyl sites for hydroxylation is 1. The molecule has 0 radical (unpaired) electrons. The van der Waals surface area contributed by atoms with E-state index in [1.165, 1.54) is 32.1 Å². The van der Waals surface area contributed by atoms with Crippen molar-refractivity contribution in [3.8, 4) is 0 Å². The molecule has 2 aromatic rings. The number of nitrogen functional groups attached to an aromatic ring is 1. The summed E-state index contributed by atoms with van der Waals surface area (Å²) in [5.74, 6) is 1.46. The van der Waals surface area contributed by atoms with Crippen LogP contribution in [0.25, 0.3) is 11.0 Å². The molecule has 1 fully saturated rings. The topological polar surface area (TPSA) is 43.8 Å². The first-order valence-electron chi connectivity index (χ1n) is 6.65. The summed E-state index contributed by atoms with van der Waals surface area (Å²) < 4.78 is 2.10. The number of hydrogen-bond acceptors (Lipinski definition) is 2. The molecular weight excluding hydrogens is 246 g/mol. The van der Waals surface area contributed by atoms with E-state index in [-0.39, 0.29) is 0 Å². The summed E-state index contributed by atoms with van der Waals surface area (Å²) in [5.41, 5.74) is 7.98. The van der Waals surface area contributed by atoms with Gasteiger partial charge in [-0.3, -0.25) is 0 Å². The molecule has 0 saturated heterocycles. The lowest BCUT2D eigenvalue weighted by Gasteiger charge is -2.11. The summed E-state index contributed by atoms with van der Waals surface area (Å²) in [6.07, 6.45) is 6.70. The molecule has 2 N–H and O–H groups in total. The van der Waals surface area contributed by atoms with E-state index < -0.39 is 0 Å². The van der Waals surface area contributed by atoms with Gasteiger partial charge in [-0.1, -0.05) is 37.3 Å². The minimum atomic E-state index is 0.602. The van der Waals surface area contributed by atoms with Crippen molar-refractivity contribution in [2.24, 2.45) is 5.92 Å². The number of anilines is 1. The van der Waals surface area contributed by atoms with Gasteiger partial charge in [0, 0.05) is 11.6 Å². The minimum Gasteiger partial charge on any atom is -0.369 e. The molecule has 0 spiro atoms. The minimum absolute atomic E-state index is 0.602. The smallest absolute Gasteiger partial charge is 0.201 e. The Morgan fingerprint density at radius 3 is 2.89 bits per heavy atom. The molecule has 18 heavy (non-hydrogen) atoms.